The molecule has 0 atom stereocenters. The number of anilines is 1. The fourth-order valence-corrected chi connectivity index (χ4v) is 4.10. The zero-order valence-corrected chi connectivity index (χ0v) is 16.2. The number of halogens is 2. The minimum Gasteiger partial charge on any atom is -0.495 e. The van der Waals surface area contributed by atoms with Crippen molar-refractivity contribution < 1.29 is 9.53 Å². The standard InChI is InChI=1S/C15H12Cl2N4O2S2/c1-23-7-4-5(3-6(16)9(7)17)11-8-10(18)12(13(19)22)25-14(8)21-15(20-11)24-2/h3-4H,18H2,1-2H3,(H2,19,22). The molecule has 0 saturated heterocycles. The van der Waals surface area contributed by atoms with E-state index in [1.807, 2.05) is 6.26 Å². The number of fused-ring (bicyclic) bond motifs is 1. The highest BCUT2D eigenvalue weighted by molar-refractivity contribution is 7.98. The lowest BCUT2D eigenvalue weighted by atomic mass is 10.1. The predicted molar refractivity (Wildman–Crippen MR) is 104 cm³/mol. The first-order chi connectivity index (χ1) is 11.9. The molecule has 3 aromatic rings. The molecule has 4 N–H and O–H groups in total. The van der Waals surface area contributed by atoms with Crippen LogP contribution in [-0.2, 0) is 0 Å². The summed E-state index contributed by atoms with van der Waals surface area (Å²) in [5, 5.41) is 1.71. The Morgan fingerprint density at radius 1 is 1.32 bits per heavy atom. The molecule has 0 spiro atoms. The topological polar surface area (TPSA) is 104 Å². The smallest absolute Gasteiger partial charge is 0.260 e. The number of thioether (sulfide) groups is 1. The molecule has 1 amide bonds. The molecule has 0 bridgehead atoms. The summed E-state index contributed by atoms with van der Waals surface area (Å²) in [6.07, 6.45) is 1.85. The molecule has 0 fully saturated rings. The Labute approximate surface area is 161 Å². The highest BCUT2D eigenvalue weighted by Crippen LogP contribution is 2.42. The third-order valence-electron chi connectivity index (χ3n) is 3.46. The molecule has 0 aliphatic carbocycles. The summed E-state index contributed by atoms with van der Waals surface area (Å²) >= 11 is 14.8. The molecular formula is C15H12Cl2N4O2S2. The number of carbonyl (C=O) groups is 1. The van der Waals surface area contributed by atoms with Crippen LogP contribution < -0.4 is 16.2 Å². The summed E-state index contributed by atoms with van der Waals surface area (Å²) in [5.74, 6) is -0.200. The van der Waals surface area contributed by atoms with Crippen molar-refractivity contribution in [2.45, 2.75) is 5.16 Å². The van der Waals surface area contributed by atoms with Crippen LogP contribution >= 0.6 is 46.3 Å². The Kier molecular flexibility index (Phi) is 4.97. The van der Waals surface area contributed by atoms with Crippen LogP contribution in [0.5, 0.6) is 5.75 Å². The number of methoxy groups -OCH3 is 1. The quantitative estimate of drug-likeness (QED) is 0.492. The van der Waals surface area contributed by atoms with E-state index in [1.54, 1.807) is 12.1 Å². The number of ether oxygens (including phenoxy) is 1. The van der Waals surface area contributed by atoms with Gasteiger partial charge in [0.25, 0.3) is 5.91 Å². The number of benzene rings is 1. The molecule has 6 nitrogen and oxygen atoms in total. The maximum Gasteiger partial charge on any atom is 0.260 e. The molecule has 0 radical (unpaired) electrons. The third-order valence-corrected chi connectivity index (χ3v) is 5.91. The Morgan fingerprint density at radius 3 is 2.64 bits per heavy atom. The monoisotopic (exact) mass is 414 g/mol. The number of nitrogens with zero attached hydrogens (tertiary/aromatic N) is 2. The molecule has 1 aromatic carbocycles. The summed E-state index contributed by atoms with van der Waals surface area (Å²) < 4.78 is 5.26. The van der Waals surface area contributed by atoms with Gasteiger partial charge in [0.15, 0.2) is 5.16 Å². The zero-order valence-electron chi connectivity index (χ0n) is 13.1. The number of aromatic nitrogens is 2. The van der Waals surface area contributed by atoms with Crippen LogP contribution in [0.2, 0.25) is 10.0 Å². The van der Waals surface area contributed by atoms with Gasteiger partial charge < -0.3 is 16.2 Å². The Bertz CT molecular complexity index is 1010. The van der Waals surface area contributed by atoms with Gasteiger partial charge in [-0.25, -0.2) is 9.97 Å². The molecule has 0 aliphatic heterocycles. The lowest BCUT2D eigenvalue weighted by Crippen LogP contribution is -2.10. The van der Waals surface area contributed by atoms with Gasteiger partial charge in [-0.15, -0.1) is 11.3 Å². The summed E-state index contributed by atoms with van der Waals surface area (Å²) in [6.45, 7) is 0. The van der Waals surface area contributed by atoms with Gasteiger partial charge >= 0.3 is 0 Å². The Morgan fingerprint density at radius 2 is 2.04 bits per heavy atom. The van der Waals surface area contributed by atoms with Gasteiger partial charge in [-0.3, -0.25) is 4.79 Å². The maximum atomic E-state index is 11.6. The zero-order chi connectivity index (χ0) is 18.3. The Balaban J connectivity index is 2.39. The summed E-state index contributed by atoms with van der Waals surface area (Å²) in [6, 6.07) is 3.38. The highest BCUT2D eigenvalue weighted by Gasteiger charge is 2.22. The molecule has 2 aromatic heterocycles. The summed E-state index contributed by atoms with van der Waals surface area (Å²) in [7, 11) is 1.49. The van der Waals surface area contributed by atoms with E-state index in [1.165, 1.54) is 18.9 Å². The van der Waals surface area contributed by atoms with E-state index >= 15 is 0 Å². The van der Waals surface area contributed by atoms with Gasteiger partial charge in [-0.1, -0.05) is 35.0 Å². The molecule has 3 rings (SSSR count). The van der Waals surface area contributed by atoms with Crippen molar-refractivity contribution in [2.75, 3.05) is 19.1 Å². The van der Waals surface area contributed by atoms with E-state index in [4.69, 9.17) is 39.4 Å². The molecule has 0 unspecified atom stereocenters. The SMILES string of the molecule is COc1cc(-c2nc(SC)nc3sc(C(N)=O)c(N)c23)cc(Cl)c1Cl. The van der Waals surface area contributed by atoms with E-state index in [0.29, 0.717) is 42.4 Å². The molecule has 0 aliphatic rings. The fraction of sp³-hybridized carbons (Fsp3) is 0.133. The van der Waals surface area contributed by atoms with E-state index < -0.39 is 5.91 Å². The molecular weight excluding hydrogens is 403 g/mol. The predicted octanol–water partition coefficient (Wildman–Crippen LogP) is 4.08. The molecule has 130 valence electrons. The first kappa shape index (κ1) is 18.1. The second-order valence-electron chi connectivity index (χ2n) is 4.92. The number of primary amides is 1. The first-order valence-corrected chi connectivity index (χ1v) is 9.64. The van der Waals surface area contributed by atoms with Crippen LogP contribution in [0.15, 0.2) is 17.3 Å². The minimum atomic E-state index is -0.608. The van der Waals surface area contributed by atoms with Crippen molar-refractivity contribution in [2.24, 2.45) is 5.73 Å². The van der Waals surface area contributed by atoms with E-state index in [-0.39, 0.29) is 10.6 Å². The van der Waals surface area contributed by atoms with Crippen LogP contribution in [0, 0.1) is 0 Å². The number of rotatable bonds is 4. The molecule has 2 heterocycles. The average Bonchev–Trinajstić information content (AvgIpc) is 2.93. The van der Waals surface area contributed by atoms with Gasteiger partial charge in [0.05, 0.1) is 28.9 Å². The number of nitrogens with two attached hydrogens (primary N) is 2. The second-order valence-corrected chi connectivity index (χ2v) is 7.48. The second kappa shape index (κ2) is 6.87. The van der Waals surface area contributed by atoms with Gasteiger partial charge in [0.1, 0.15) is 20.5 Å². The normalized spacial score (nSPS) is 11.0. The number of carbonyl (C=O) groups excluding carboxylic acids is 1. The number of thiophene rings is 1. The van der Waals surface area contributed by atoms with Crippen molar-refractivity contribution in [3.05, 3.63) is 27.1 Å². The van der Waals surface area contributed by atoms with Gasteiger partial charge in [0.2, 0.25) is 0 Å². The van der Waals surface area contributed by atoms with Crippen LogP contribution in [0.4, 0.5) is 5.69 Å². The number of nitrogen functional groups attached to an aromatic ring is 1. The molecule has 0 saturated carbocycles. The van der Waals surface area contributed by atoms with E-state index in [2.05, 4.69) is 9.97 Å². The first-order valence-electron chi connectivity index (χ1n) is 6.84. The van der Waals surface area contributed by atoms with Crippen molar-refractivity contribution in [3.63, 3.8) is 0 Å². The maximum absolute atomic E-state index is 11.6. The Hall–Kier alpha value is -1.74. The highest BCUT2D eigenvalue weighted by atomic mass is 35.5. The lowest BCUT2D eigenvalue weighted by Gasteiger charge is -2.10. The van der Waals surface area contributed by atoms with Crippen molar-refractivity contribution in [1.29, 1.82) is 0 Å². The van der Waals surface area contributed by atoms with Gasteiger partial charge in [-0.05, 0) is 18.4 Å². The van der Waals surface area contributed by atoms with Gasteiger partial charge in [-0.2, -0.15) is 0 Å². The number of hydrogen-bond donors (Lipinski definition) is 2. The lowest BCUT2D eigenvalue weighted by molar-refractivity contribution is 0.100. The molecule has 25 heavy (non-hydrogen) atoms. The van der Waals surface area contributed by atoms with Crippen LogP contribution in [-0.4, -0.2) is 29.2 Å². The van der Waals surface area contributed by atoms with Crippen LogP contribution in [0.1, 0.15) is 9.67 Å². The number of hydrogen-bond acceptors (Lipinski definition) is 7. The minimum absolute atomic E-state index is 0.246. The number of amides is 1. The van der Waals surface area contributed by atoms with Crippen LogP contribution in [0.3, 0.4) is 0 Å². The molecule has 10 heteroatoms. The van der Waals surface area contributed by atoms with E-state index in [0.717, 1.165) is 11.3 Å². The van der Waals surface area contributed by atoms with Crippen molar-refractivity contribution in [3.8, 4) is 17.0 Å². The van der Waals surface area contributed by atoms with Gasteiger partial charge in [0, 0.05) is 5.56 Å². The third kappa shape index (κ3) is 3.10. The van der Waals surface area contributed by atoms with Crippen LogP contribution in [0.25, 0.3) is 21.5 Å². The van der Waals surface area contributed by atoms with Crippen molar-refractivity contribution in [1.82, 2.24) is 9.97 Å². The summed E-state index contributed by atoms with van der Waals surface area (Å²) in [5.41, 5.74) is 13.0. The summed E-state index contributed by atoms with van der Waals surface area (Å²) in [4.78, 5) is 21.4. The van der Waals surface area contributed by atoms with Crippen molar-refractivity contribution >= 4 is 68.1 Å². The average molecular weight is 415 g/mol. The van der Waals surface area contributed by atoms with E-state index in [9.17, 15) is 4.79 Å². The fourth-order valence-electron chi connectivity index (χ4n) is 2.33. The largest absolute Gasteiger partial charge is 0.495 e.